The van der Waals surface area contributed by atoms with Crippen molar-refractivity contribution in [2.24, 2.45) is 0 Å². The number of sulfonamides is 1. The number of likely N-dealkylation sites (tertiary alicyclic amines) is 1. The number of amides is 2. The zero-order chi connectivity index (χ0) is 27.8. The smallest absolute Gasteiger partial charge is 0.444 e. The van der Waals surface area contributed by atoms with E-state index in [1.54, 1.807) is 20.8 Å². The number of rotatable bonds is 5. The summed E-state index contributed by atoms with van der Waals surface area (Å²) in [4.78, 5) is 27.0. The van der Waals surface area contributed by atoms with E-state index in [0.29, 0.717) is 5.56 Å². The average Bonchev–Trinajstić information content (AvgIpc) is 3.20. The van der Waals surface area contributed by atoms with Crippen molar-refractivity contribution in [1.82, 2.24) is 9.62 Å². The molecule has 2 amide bonds. The van der Waals surface area contributed by atoms with Crippen LogP contribution >= 0.6 is 23.2 Å². The van der Waals surface area contributed by atoms with Gasteiger partial charge in [-0.2, -0.15) is 0 Å². The molecule has 2 aromatic carbocycles. The van der Waals surface area contributed by atoms with E-state index in [-0.39, 0.29) is 29.6 Å². The van der Waals surface area contributed by atoms with Gasteiger partial charge in [0.05, 0.1) is 20.4 Å². The third-order valence-corrected chi connectivity index (χ3v) is 7.51. The molecule has 1 aliphatic rings. The molecule has 0 aromatic heterocycles. The van der Waals surface area contributed by atoms with Crippen LogP contribution in [0.4, 0.5) is 18.0 Å². The number of halogens is 5. The Bertz CT molecular complexity index is 1300. The van der Waals surface area contributed by atoms with Crippen molar-refractivity contribution in [3.8, 4) is 5.75 Å². The Labute approximate surface area is 221 Å². The van der Waals surface area contributed by atoms with Gasteiger partial charge in [0.2, 0.25) is 5.91 Å². The summed E-state index contributed by atoms with van der Waals surface area (Å²) in [7, 11) is -4.52. The predicted octanol–water partition coefficient (Wildman–Crippen LogP) is 5.28. The maximum absolute atomic E-state index is 13.5. The number of benzene rings is 2. The predicted molar refractivity (Wildman–Crippen MR) is 129 cm³/mol. The van der Waals surface area contributed by atoms with Gasteiger partial charge in [0.1, 0.15) is 11.4 Å². The van der Waals surface area contributed by atoms with Crippen molar-refractivity contribution >= 4 is 45.2 Å². The minimum atomic E-state index is -4.96. The first-order valence-corrected chi connectivity index (χ1v) is 13.0. The van der Waals surface area contributed by atoms with Crippen LogP contribution in [-0.2, 0) is 25.0 Å². The highest BCUT2D eigenvalue weighted by molar-refractivity contribution is 7.90. The van der Waals surface area contributed by atoms with Gasteiger partial charge < -0.3 is 14.4 Å². The van der Waals surface area contributed by atoms with Crippen LogP contribution in [0.1, 0.15) is 32.8 Å². The Kier molecular flexibility index (Phi) is 7.97. The monoisotopic (exact) mass is 582 g/mol. The second-order valence-corrected chi connectivity index (χ2v) is 11.8. The molecule has 202 valence electrons. The van der Waals surface area contributed by atoms with Gasteiger partial charge in [0, 0.05) is 13.1 Å². The summed E-state index contributed by atoms with van der Waals surface area (Å²) in [6.07, 6.45) is -5.61. The summed E-state index contributed by atoms with van der Waals surface area (Å²) in [6.45, 7) is 4.89. The van der Waals surface area contributed by atoms with Gasteiger partial charge in [0.25, 0.3) is 10.0 Å². The summed E-state index contributed by atoms with van der Waals surface area (Å²) in [6, 6.07) is 7.70. The Balaban J connectivity index is 1.92. The van der Waals surface area contributed by atoms with Crippen LogP contribution in [0.3, 0.4) is 0 Å². The number of nitrogens with zero attached hydrogens (tertiary/aromatic N) is 1. The van der Waals surface area contributed by atoms with Crippen molar-refractivity contribution in [1.29, 1.82) is 0 Å². The summed E-state index contributed by atoms with van der Waals surface area (Å²) in [5, 5.41) is 0.321. The van der Waals surface area contributed by atoms with Crippen molar-refractivity contribution in [3.05, 3.63) is 58.1 Å². The van der Waals surface area contributed by atoms with Gasteiger partial charge in [0.15, 0.2) is 0 Å². The van der Waals surface area contributed by atoms with Gasteiger partial charge in [-0.05, 0) is 69.2 Å². The van der Waals surface area contributed by atoms with Crippen molar-refractivity contribution < 1.29 is 40.7 Å². The van der Waals surface area contributed by atoms with E-state index in [1.165, 1.54) is 23.1 Å². The van der Waals surface area contributed by atoms with Crippen LogP contribution in [-0.4, -0.2) is 50.4 Å². The fourth-order valence-corrected chi connectivity index (χ4v) is 5.09. The van der Waals surface area contributed by atoms with Crippen LogP contribution in [0.25, 0.3) is 0 Å². The Morgan fingerprint density at radius 1 is 1.03 bits per heavy atom. The van der Waals surface area contributed by atoms with E-state index in [4.69, 9.17) is 27.9 Å². The standard InChI is InChI=1S/C23H23Cl2F3N2O6S/c1-21(2,3)36-20(32)30-11-10-22(13-30,14-4-9-17(24)18(25)12-14)19(31)29-37(33,34)16-7-5-15(6-8-16)35-23(26,27)28/h4-9,12H,10-11,13H2,1-3H3,(H,29,31). The van der Waals surface area contributed by atoms with Crippen LogP contribution in [0.5, 0.6) is 5.75 Å². The van der Waals surface area contributed by atoms with E-state index < -0.39 is 50.0 Å². The Morgan fingerprint density at radius 3 is 2.19 bits per heavy atom. The van der Waals surface area contributed by atoms with Crippen molar-refractivity contribution in [2.45, 2.75) is 49.5 Å². The number of hydrogen-bond acceptors (Lipinski definition) is 6. The summed E-state index contributed by atoms with van der Waals surface area (Å²) in [5.74, 6) is -1.60. The van der Waals surface area contributed by atoms with Crippen LogP contribution in [0.2, 0.25) is 10.0 Å². The fourth-order valence-electron chi connectivity index (χ4n) is 3.74. The van der Waals surface area contributed by atoms with Crippen molar-refractivity contribution in [2.75, 3.05) is 13.1 Å². The molecule has 1 atom stereocenters. The van der Waals surface area contributed by atoms with E-state index in [0.717, 1.165) is 24.3 Å². The molecule has 1 unspecified atom stereocenters. The molecule has 2 aromatic rings. The largest absolute Gasteiger partial charge is 0.573 e. The highest BCUT2D eigenvalue weighted by atomic mass is 35.5. The van der Waals surface area contributed by atoms with Gasteiger partial charge in [-0.3, -0.25) is 4.79 Å². The van der Waals surface area contributed by atoms with E-state index in [1.807, 2.05) is 4.72 Å². The zero-order valence-corrected chi connectivity index (χ0v) is 22.2. The minimum absolute atomic E-state index is 0.0317. The number of hydrogen-bond donors (Lipinski definition) is 1. The highest BCUT2D eigenvalue weighted by Gasteiger charge is 2.49. The normalized spacial score (nSPS) is 18.4. The first kappa shape index (κ1) is 28.9. The molecular formula is C23H23Cl2F3N2O6S. The molecule has 0 spiro atoms. The molecule has 1 heterocycles. The second kappa shape index (κ2) is 10.2. The molecule has 0 bridgehead atoms. The first-order chi connectivity index (χ1) is 16.9. The number of carbonyl (C=O) groups is 2. The quantitative estimate of drug-likeness (QED) is 0.515. The first-order valence-electron chi connectivity index (χ1n) is 10.8. The molecule has 0 aliphatic carbocycles. The molecule has 37 heavy (non-hydrogen) atoms. The lowest BCUT2D eigenvalue weighted by molar-refractivity contribution is -0.274. The van der Waals surface area contributed by atoms with E-state index >= 15 is 0 Å². The molecule has 8 nitrogen and oxygen atoms in total. The maximum atomic E-state index is 13.5. The minimum Gasteiger partial charge on any atom is -0.444 e. The Morgan fingerprint density at radius 2 is 1.65 bits per heavy atom. The average molecular weight is 583 g/mol. The maximum Gasteiger partial charge on any atom is 0.573 e. The summed E-state index contributed by atoms with van der Waals surface area (Å²) >= 11 is 12.2. The molecule has 0 radical (unpaired) electrons. The molecule has 1 aliphatic heterocycles. The SMILES string of the molecule is CC(C)(C)OC(=O)N1CCC(C(=O)NS(=O)(=O)c2ccc(OC(F)(F)F)cc2)(c2ccc(Cl)c(Cl)c2)C1. The van der Waals surface area contributed by atoms with Crippen LogP contribution < -0.4 is 9.46 Å². The third-order valence-electron chi connectivity index (χ3n) is 5.42. The third kappa shape index (κ3) is 6.99. The molecule has 1 saturated heterocycles. The highest BCUT2D eigenvalue weighted by Crippen LogP contribution is 2.39. The van der Waals surface area contributed by atoms with Crippen molar-refractivity contribution in [3.63, 3.8) is 0 Å². The molecule has 1 N–H and O–H groups in total. The second-order valence-electron chi connectivity index (χ2n) is 9.32. The fraction of sp³-hybridized carbons (Fsp3) is 0.391. The number of ether oxygens (including phenoxy) is 2. The Hall–Kier alpha value is -2.70. The zero-order valence-electron chi connectivity index (χ0n) is 19.9. The van der Waals surface area contributed by atoms with Gasteiger partial charge in [-0.15, -0.1) is 13.2 Å². The molecular weight excluding hydrogens is 560 g/mol. The lowest BCUT2D eigenvalue weighted by atomic mass is 9.79. The van der Waals surface area contributed by atoms with E-state index in [9.17, 15) is 31.2 Å². The number of alkyl halides is 3. The number of nitrogens with one attached hydrogen (secondary N) is 1. The summed E-state index contributed by atoms with van der Waals surface area (Å²) < 4.78 is 74.2. The molecule has 1 fully saturated rings. The van der Waals surface area contributed by atoms with Gasteiger partial charge in [-0.25, -0.2) is 17.9 Å². The van der Waals surface area contributed by atoms with Crippen LogP contribution in [0, 0.1) is 0 Å². The van der Waals surface area contributed by atoms with Gasteiger partial charge >= 0.3 is 12.5 Å². The van der Waals surface area contributed by atoms with Gasteiger partial charge in [-0.1, -0.05) is 29.3 Å². The van der Waals surface area contributed by atoms with Crippen LogP contribution in [0.15, 0.2) is 47.4 Å². The topological polar surface area (TPSA) is 102 Å². The van der Waals surface area contributed by atoms with E-state index in [2.05, 4.69) is 4.74 Å². The summed E-state index contributed by atoms with van der Waals surface area (Å²) in [5.41, 5.74) is -2.04. The lowest BCUT2D eigenvalue weighted by Crippen LogP contribution is -2.49. The lowest BCUT2D eigenvalue weighted by Gasteiger charge is -2.30. The molecule has 3 rings (SSSR count). The number of carbonyl (C=O) groups excluding carboxylic acids is 2. The molecule has 14 heteroatoms. The molecule has 0 saturated carbocycles.